The molecule has 1 unspecified atom stereocenters. The van der Waals surface area contributed by atoms with E-state index >= 15 is 0 Å². The van der Waals surface area contributed by atoms with Crippen molar-refractivity contribution in [2.45, 2.75) is 38.6 Å². The third-order valence-corrected chi connectivity index (χ3v) is 5.01. The molecule has 3 rings (SSSR count). The zero-order valence-corrected chi connectivity index (χ0v) is 16.2. The molecule has 2 atom stereocenters. The Hall–Kier alpha value is -3.12. The number of alkyl halides is 3. The highest BCUT2D eigenvalue weighted by atomic mass is 19.4. The van der Waals surface area contributed by atoms with Gasteiger partial charge in [0, 0.05) is 22.8 Å². The Morgan fingerprint density at radius 3 is 2.73 bits per heavy atom. The summed E-state index contributed by atoms with van der Waals surface area (Å²) < 4.78 is 54.5. The number of halogens is 4. The van der Waals surface area contributed by atoms with Crippen LogP contribution in [0.1, 0.15) is 18.9 Å². The van der Waals surface area contributed by atoms with Gasteiger partial charge in [0.15, 0.2) is 5.60 Å². The number of allylic oxidation sites excluding steroid dienone is 3. The highest BCUT2D eigenvalue weighted by molar-refractivity contribution is 5.87. The first-order valence-electron chi connectivity index (χ1n) is 9.10. The van der Waals surface area contributed by atoms with E-state index in [9.17, 15) is 27.5 Å². The molecule has 1 heterocycles. The van der Waals surface area contributed by atoms with Crippen LogP contribution >= 0.6 is 0 Å². The fourth-order valence-corrected chi connectivity index (χ4v) is 3.44. The number of benzene rings is 1. The summed E-state index contributed by atoms with van der Waals surface area (Å²) in [7, 11) is 0. The van der Waals surface area contributed by atoms with E-state index in [1.54, 1.807) is 23.8 Å². The minimum atomic E-state index is -4.70. The largest absolute Gasteiger partial charge is 0.414 e. The van der Waals surface area contributed by atoms with Crippen LogP contribution in [0.4, 0.5) is 17.6 Å². The van der Waals surface area contributed by atoms with Crippen LogP contribution in [0.5, 0.6) is 0 Å². The van der Waals surface area contributed by atoms with Gasteiger partial charge >= 0.3 is 6.18 Å². The molecule has 0 aliphatic heterocycles. The standard InChI is InChI=1S/C21H19F4N3O2/c1-12-10-28(18-6-4-14(22)7-16(12)18)11-20(2,30)19(29)27-15-5-3-13(9-26)17(8-15)21(23,24)25/h4-8,10,13,30H,3,11H2,1-2H3,(H,27,29)/t13?,20-/m0/s1. The van der Waals surface area contributed by atoms with E-state index in [1.807, 2.05) is 0 Å². The number of aryl methyl sites for hydroxylation is 1. The smallest absolute Gasteiger partial charge is 0.378 e. The Bertz CT molecular complexity index is 1100. The third kappa shape index (κ3) is 4.24. The molecular weight excluding hydrogens is 402 g/mol. The van der Waals surface area contributed by atoms with Crippen molar-refractivity contribution < 1.29 is 27.5 Å². The van der Waals surface area contributed by atoms with Gasteiger partial charge in [0.1, 0.15) is 5.82 Å². The average Bonchev–Trinajstić information content (AvgIpc) is 2.95. The number of aromatic nitrogens is 1. The Morgan fingerprint density at radius 1 is 1.40 bits per heavy atom. The first kappa shape index (κ1) is 21.6. The number of nitriles is 1. The Balaban J connectivity index is 1.81. The first-order valence-corrected chi connectivity index (χ1v) is 9.10. The zero-order chi connectivity index (χ0) is 22.3. The molecule has 0 saturated carbocycles. The van der Waals surface area contributed by atoms with E-state index in [0.717, 1.165) is 5.56 Å². The van der Waals surface area contributed by atoms with Gasteiger partial charge in [-0.25, -0.2) is 4.39 Å². The summed E-state index contributed by atoms with van der Waals surface area (Å²) >= 11 is 0. The molecule has 30 heavy (non-hydrogen) atoms. The summed E-state index contributed by atoms with van der Waals surface area (Å²) in [5.41, 5.74) is -1.79. The second kappa shape index (κ2) is 7.61. The summed E-state index contributed by atoms with van der Waals surface area (Å²) in [6.45, 7) is 2.80. The normalized spacial score (nSPS) is 18.9. The van der Waals surface area contributed by atoms with E-state index in [1.165, 1.54) is 31.2 Å². The van der Waals surface area contributed by atoms with E-state index < -0.39 is 35.0 Å². The molecule has 1 aromatic carbocycles. The van der Waals surface area contributed by atoms with E-state index in [-0.39, 0.29) is 18.7 Å². The van der Waals surface area contributed by atoms with Crippen LogP contribution < -0.4 is 5.32 Å². The van der Waals surface area contributed by atoms with Gasteiger partial charge in [0.25, 0.3) is 5.91 Å². The Labute approximate surface area is 169 Å². The highest BCUT2D eigenvalue weighted by Crippen LogP contribution is 2.36. The van der Waals surface area contributed by atoms with E-state index in [2.05, 4.69) is 5.32 Å². The summed E-state index contributed by atoms with van der Waals surface area (Å²) in [5, 5.41) is 22.5. The fourth-order valence-electron chi connectivity index (χ4n) is 3.44. The number of nitrogens with one attached hydrogen (secondary N) is 1. The van der Waals surface area contributed by atoms with Gasteiger partial charge in [-0.3, -0.25) is 4.79 Å². The lowest BCUT2D eigenvalue weighted by molar-refractivity contribution is -0.138. The fraction of sp³-hybridized carbons (Fsp3) is 0.333. The molecule has 1 amide bonds. The second-order valence-corrected chi connectivity index (χ2v) is 7.50. The molecule has 5 nitrogen and oxygen atoms in total. The van der Waals surface area contributed by atoms with Gasteiger partial charge in [-0.1, -0.05) is 6.08 Å². The van der Waals surface area contributed by atoms with Crippen molar-refractivity contribution >= 4 is 16.8 Å². The van der Waals surface area contributed by atoms with E-state index in [0.29, 0.717) is 17.0 Å². The van der Waals surface area contributed by atoms with Crippen molar-refractivity contribution in [3.8, 4) is 6.07 Å². The molecule has 2 aromatic rings. The SMILES string of the molecule is Cc1cn(C[C@](C)(O)C(=O)NC2=CCC(C#N)C(C(F)(F)F)=C2)c2ccc(F)cc12. The summed E-state index contributed by atoms with van der Waals surface area (Å²) in [6, 6.07) is 5.72. The molecule has 0 saturated heterocycles. The van der Waals surface area contributed by atoms with Crippen molar-refractivity contribution in [3.05, 3.63) is 59.2 Å². The van der Waals surface area contributed by atoms with Crippen LogP contribution in [-0.4, -0.2) is 27.4 Å². The maximum Gasteiger partial charge on any atom is 0.414 e. The number of nitrogens with zero attached hydrogens (tertiary/aromatic N) is 2. The Morgan fingerprint density at radius 2 is 2.10 bits per heavy atom. The van der Waals surface area contributed by atoms with Crippen molar-refractivity contribution in [1.82, 2.24) is 9.88 Å². The maximum atomic E-state index is 13.5. The number of hydrogen-bond acceptors (Lipinski definition) is 3. The predicted octanol–water partition coefficient (Wildman–Crippen LogP) is 3.87. The summed E-state index contributed by atoms with van der Waals surface area (Å²) in [5.74, 6) is -2.66. The molecule has 0 radical (unpaired) electrons. The van der Waals surface area contributed by atoms with Crippen molar-refractivity contribution in [3.63, 3.8) is 0 Å². The maximum absolute atomic E-state index is 13.5. The lowest BCUT2D eigenvalue weighted by atomic mass is 9.91. The van der Waals surface area contributed by atoms with Gasteiger partial charge < -0.3 is 15.0 Å². The molecule has 0 fully saturated rings. The number of aliphatic hydroxyl groups is 1. The van der Waals surface area contributed by atoms with Gasteiger partial charge in [-0.15, -0.1) is 0 Å². The van der Waals surface area contributed by atoms with Crippen LogP contribution in [0, 0.1) is 30.0 Å². The van der Waals surface area contributed by atoms with Crippen LogP contribution in [0.2, 0.25) is 0 Å². The van der Waals surface area contributed by atoms with Crippen LogP contribution in [0.15, 0.2) is 47.8 Å². The molecular formula is C21H19F4N3O2. The van der Waals surface area contributed by atoms with Crippen molar-refractivity contribution in [1.29, 1.82) is 5.26 Å². The number of carbonyl (C=O) groups is 1. The topological polar surface area (TPSA) is 78.1 Å². The van der Waals surface area contributed by atoms with Gasteiger partial charge in [-0.2, -0.15) is 18.4 Å². The number of fused-ring (bicyclic) bond motifs is 1. The van der Waals surface area contributed by atoms with Gasteiger partial charge in [-0.05, 0) is 50.1 Å². The number of hydrogen-bond donors (Lipinski definition) is 2. The third-order valence-electron chi connectivity index (χ3n) is 5.01. The molecule has 1 aromatic heterocycles. The lowest BCUT2D eigenvalue weighted by Gasteiger charge is -2.26. The molecule has 0 spiro atoms. The van der Waals surface area contributed by atoms with Gasteiger partial charge in [0.05, 0.1) is 24.1 Å². The van der Waals surface area contributed by atoms with Crippen LogP contribution in [0.25, 0.3) is 10.9 Å². The summed E-state index contributed by atoms with van der Waals surface area (Å²) in [6.07, 6.45) is -1.22. The van der Waals surface area contributed by atoms with E-state index in [4.69, 9.17) is 5.26 Å². The van der Waals surface area contributed by atoms with Crippen molar-refractivity contribution in [2.24, 2.45) is 5.92 Å². The number of amides is 1. The number of carbonyl (C=O) groups excluding carboxylic acids is 1. The molecule has 9 heteroatoms. The average molecular weight is 421 g/mol. The second-order valence-electron chi connectivity index (χ2n) is 7.50. The van der Waals surface area contributed by atoms with Crippen LogP contribution in [0.3, 0.4) is 0 Å². The first-order chi connectivity index (χ1) is 13.9. The monoisotopic (exact) mass is 421 g/mol. The quantitative estimate of drug-likeness (QED) is 0.736. The predicted molar refractivity (Wildman–Crippen MR) is 101 cm³/mol. The summed E-state index contributed by atoms with van der Waals surface area (Å²) in [4.78, 5) is 12.6. The minimum Gasteiger partial charge on any atom is -0.378 e. The molecule has 0 bridgehead atoms. The highest BCUT2D eigenvalue weighted by Gasteiger charge is 2.40. The molecule has 1 aliphatic carbocycles. The minimum absolute atomic E-state index is 0.130. The van der Waals surface area contributed by atoms with Crippen molar-refractivity contribution in [2.75, 3.05) is 0 Å². The number of rotatable bonds is 4. The van der Waals surface area contributed by atoms with Gasteiger partial charge in [0.2, 0.25) is 0 Å². The Kier molecular flexibility index (Phi) is 5.48. The lowest BCUT2D eigenvalue weighted by Crippen LogP contribution is -2.47. The molecule has 2 N–H and O–H groups in total. The zero-order valence-electron chi connectivity index (χ0n) is 16.2. The van der Waals surface area contributed by atoms with Crippen LogP contribution in [-0.2, 0) is 11.3 Å². The molecule has 158 valence electrons. The molecule has 1 aliphatic rings.